The van der Waals surface area contributed by atoms with Crippen LogP contribution in [0, 0.1) is 13.8 Å². The Bertz CT molecular complexity index is 1090. The van der Waals surface area contributed by atoms with Gasteiger partial charge in [-0.15, -0.1) is 23.7 Å². The Morgan fingerprint density at radius 1 is 1.09 bits per heavy atom. The molecule has 5 nitrogen and oxygen atoms in total. The van der Waals surface area contributed by atoms with E-state index in [1.54, 1.807) is 30.3 Å². The number of aryl methyl sites for hydroxylation is 2. The van der Waals surface area contributed by atoms with Crippen LogP contribution in [0.15, 0.2) is 46.8 Å². The predicted octanol–water partition coefficient (Wildman–Crippen LogP) is 5.75. The first-order chi connectivity index (χ1) is 14.8. The number of carbonyl (C=O) groups is 1. The second kappa shape index (κ2) is 11.2. The van der Waals surface area contributed by atoms with E-state index in [0.29, 0.717) is 5.56 Å². The van der Waals surface area contributed by atoms with Crippen molar-refractivity contribution in [2.45, 2.75) is 27.2 Å². The molecule has 0 fully saturated rings. The number of amides is 1. The van der Waals surface area contributed by atoms with Crippen molar-refractivity contribution in [2.75, 3.05) is 27.7 Å². The maximum absolute atomic E-state index is 12.1. The summed E-state index contributed by atoms with van der Waals surface area (Å²) in [5.41, 5.74) is 7.32. The SMILES string of the molecule is CCN(C)/C=N/c1cc(C)c(Cc2nc(-c3ccc(C(=O)N(C)C)cc3)cs2)cc1C.Cl. The first-order valence-corrected chi connectivity index (χ1v) is 11.3. The van der Waals surface area contributed by atoms with E-state index in [1.807, 2.05) is 37.7 Å². The van der Waals surface area contributed by atoms with Crippen LogP contribution in [0.5, 0.6) is 0 Å². The van der Waals surface area contributed by atoms with Crippen molar-refractivity contribution in [3.8, 4) is 11.3 Å². The van der Waals surface area contributed by atoms with Gasteiger partial charge in [0.2, 0.25) is 0 Å². The van der Waals surface area contributed by atoms with E-state index in [9.17, 15) is 4.79 Å². The third kappa shape index (κ3) is 6.17. The Morgan fingerprint density at radius 3 is 2.41 bits per heavy atom. The summed E-state index contributed by atoms with van der Waals surface area (Å²) >= 11 is 1.67. The number of rotatable bonds is 7. The lowest BCUT2D eigenvalue weighted by Crippen LogP contribution is -2.21. The molecule has 1 amide bonds. The van der Waals surface area contributed by atoms with Crippen molar-refractivity contribution in [3.05, 3.63) is 69.0 Å². The molecule has 170 valence electrons. The van der Waals surface area contributed by atoms with Gasteiger partial charge in [-0.2, -0.15) is 0 Å². The third-order valence-electron chi connectivity index (χ3n) is 5.27. The van der Waals surface area contributed by atoms with E-state index < -0.39 is 0 Å². The molecule has 0 aliphatic carbocycles. The minimum atomic E-state index is 0. The van der Waals surface area contributed by atoms with Gasteiger partial charge >= 0.3 is 0 Å². The van der Waals surface area contributed by atoms with Gasteiger partial charge in [0.1, 0.15) is 0 Å². The third-order valence-corrected chi connectivity index (χ3v) is 6.12. The zero-order valence-electron chi connectivity index (χ0n) is 19.5. The molecule has 0 saturated carbocycles. The summed E-state index contributed by atoms with van der Waals surface area (Å²) in [5.74, 6) is 0.00508. The van der Waals surface area contributed by atoms with Crippen LogP contribution in [-0.2, 0) is 6.42 Å². The highest BCUT2D eigenvalue weighted by atomic mass is 35.5. The molecule has 1 aromatic heterocycles. The summed E-state index contributed by atoms with van der Waals surface area (Å²) in [7, 11) is 5.54. The highest BCUT2D eigenvalue weighted by Crippen LogP contribution is 2.28. The zero-order chi connectivity index (χ0) is 22.5. The van der Waals surface area contributed by atoms with E-state index in [2.05, 4.69) is 48.2 Å². The van der Waals surface area contributed by atoms with E-state index in [0.717, 1.165) is 34.9 Å². The van der Waals surface area contributed by atoms with E-state index in [1.165, 1.54) is 16.7 Å². The number of nitrogens with zero attached hydrogens (tertiary/aromatic N) is 4. The molecule has 0 radical (unpaired) electrons. The molecular weight excluding hydrogens is 440 g/mol. The first-order valence-electron chi connectivity index (χ1n) is 10.4. The Morgan fingerprint density at radius 2 is 1.78 bits per heavy atom. The first kappa shape index (κ1) is 25.6. The van der Waals surface area contributed by atoms with Gasteiger partial charge in [0.25, 0.3) is 5.91 Å². The van der Waals surface area contributed by atoms with Crippen LogP contribution >= 0.6 is 23.7 Å². The predicted molar refractivity (Wildman–Crippen MR) is 138 cm³/mol. The van der Waals surface area contributed by atoms with Crippen molar-refractivity contribution in [1.29, 1.82) is 0 Å². The molecular formula is C25H31ClN4OS. The average Bonchev–Trinajstić information content (AvgIpc) is 3.22. The molecule has 7 heteroatoms. The average molecular weight is 471 g/mol. The number of aromatic nitrogens is 1. The van der Waals surface area contributed by atoms with Gasteiger partial charge in [0.05, 0.1) is 22.7 Å². The number of hydrogen-bond acceptors (Lipinski definition) is 4. The summed E-state index contributed by atoms with van der Waals surface area (Å²) in [6, 6.07) is 12.0. The van der Waals surface area contributed by atoms with Crippen LogP contribution in [-0.4, -0.2) is 54.7 Å². The minimum absolute atomic E-state index is 0. The van der Waals surface area contributed by atoms with Crippen LogP contribution in [0.3, 0.4) is 0 Å². The molecule has 0 N–H and O–H groups in total. The van der Waals surface area contributed by atoms with Gasteiger partial charge in [-0.25, -0.2) is 9.98 Å². The summed E-state index contributed by atoms with van der Waals surface area (Å²) in [4.78, 5) is 25.2. The fourth-order valence-electron chi connectivity index (χ4n) is 3.16. The largest absolute Gasteiger partial charge is 0.366 e. The van der Waals surface area contributed by atoms with Gasteiger partial charge in [-0.3, -0.25) is 4.79 Å². The lowest BCUT2D eigenvalue weighted by molar-refractivity contribution is 0.0827. The van der Waals surface area contributed by atoms with Gasteiger partial charge < -0.3 is 9.80 Å². The van der Waals surface area contributed by atoms with E-state index in [4.69, 9.17) is 4.98 Å². The number of aliphatic imine (C=N–C) groups is 1. The standard InChI is InChI=1S/C25H30N4OS.ClH/c1-7-29(6)16-26-22-13-17(2)21(12-18(22)3)14-24-27-23(15-31-24)19-8-10-20(11-9-19)25(30)28(4)5;/h8-13,15-16H,7,14H2,1-6H3;1H/b26-16+;. The lowest BCUT2D eigenvalue weighted by Gasteiger charge is -2.11. The number of carbonyl (C=O) groups excluding carboxylic acids is 1. The molecule has 1 heterocycles. The molecule has 0 aliphatic rings. The van der Waals surface area contributed by atoms with Crippen LogP contribution in [0.1, 0.15) is 39.0 Å². The van der Waals surface area contributed by atoms with Gasteiger partial charge in [-0.1, -0.05) is 18.2 Å². The smallest absolute Gasteiger partial charge is 0.253 e. The van der Waals surface area contributed by atoms with E-state index >= 15 is 0 Å². The van der Waals surface area contributed by atoms with Crippen LogP contribution in [0.25, 0.3) is 11.3 Å². The zero-order valence-corrected chi connectivity index (χ0v) is 21.2. The Balaban J connectivity index is 0.00000363. The van der Waals surface area contributed by atoms with Crippen LogP contribution < -0.4 is 0 Å². The lowest BCUT2D eigenvalue weighted by atomic mass is 10.0. The van der Waals surface area contributed by atoms with Gasteiger partial charge in [0.15, 0.2) is 0 Å². The molecule has 0 unspecified atom stereocenters. The minimum Gasteiger partial charge on any atom is -0.366 e. The number of benzene rings is 2. The molecule has 0 atom stereocenters. The fraction of sp³-hybridized carbons (Fsp3) is 0.320. The van der Waals surface area contributed by atoms with Crippen LogP contribution in [0.4, 0.5) is 5.69 Å². The molecule has 32 heavy (non-hydrogen) atoms. The van der Waals surface area contributed by atoms with Crippen molar-refractivity contribution < 1.29 is 4.79 Å². The Labute approximate surface area is 201 Å². The molecule has 0 bridgehead atoms. The molecule has 3 aromatic rings. The molecule has 2 aromatic carbocycles. The maximum atomic E-state index is 12.1. The summed E-state index contributed by atoms with van der Waals surface area (Å²) in [5, 5.41) is 3.16. The van der Waals surface area contributed by atoms with Crippen molar-refractivity contribution in [3.63, 3.8) is 0 Å². The Hall–Kier alpha value is -2.70. The highest BCUT2D eigenvalue weighted by Gasteiger charge is 2.11. The number of hydrogen-bond donors (Lipinski definition) is 0. The fourth-order valence-corrected chi connectivity index (χ4v) is 3.99. The topological polar surface area (TPSA) is 48.8 Å². The Kier molecular flexibility index (Phi) is 8.99. The van der Waals surface area contributed by atoms with Crippen LogP contribution in [0.2, 0.25) is 0 Å². The second-order valence-electron chi connectivity index (χ2n) is 7.96. The van der Waals surface area contributed by atoms with Crippen molar-refractivity contribution >= 4 is 41.7 Å². The molecule has 0 saturated heterocycles. The quantitative estimate of drug-likeness (QED) is 0.326. The summed E-state index contributed by atoms with van der Waals surface area (Å²) in [6.07, 6.45) is 2.68. The molecule has 0 aliphatic heterocycles. The number of halogens is 1. The monoisotopic (exact) mass is 470 g/mol. The molecule has 3 rings (SSSR count). The van der Waals surface area contributed by atoms with Crippen molar-refractivity contribution in [2.24, 2.45) is 4.99 Å². The van der Waals surface area contributed by atoms with Gasteiger partial charge in [-0.05, 0) is 55.7 Å². The van der Waals surface area contributed by atoms with Crippen molar-refractivity contribution in [1.82, 2.24) is 14.8 Å². The summed E-state index contributed by atoms with van der Waals surface area (Å²) in [6.45, 7) is 7.27. The maximum Gasteiger partial charge on any atom is 0.253 e. The normalized spacial score (nSPS) is 10.8. The summed E-state index contributed by atoms with van der Waals surface area (Å²) < 4.78 is 0. The highest BCUT2D eigenvalue weighted by molar-refractivity contribution is 7.10. The van der Waals surface area contributed by atoms with E-state index in [-0.39, 0.29) is 18.3 Å². The van der Waals surface area contributed by atoms with Gasteiger partial charge in [0, 0.05) is 50.6 Å². The number of thiazole rings is 1. The molecule has 0 spiro atoms. The second-order valence-corrected chi connectivity index (χ2v) is 8.91.